The summed E-state index contributed by atoms with van der Waals surface area (Å²) in [5.74, 6) is -1.11. The first-order chi connectivity index (χ1) is 20.7. The number of ether oxygens (including phenoxy) is 2. The first-order valence-electron chi connectivity index (χ1n) is 14.5. The molecule has 0 spiro atoms. The second-order valence-electron chi connectivity index (χ2n) is 11.1. The van der Waals surface area contributed by atoms with E-state index in [1.165, 1.54) is 13.2 Å². The SMILES string of the molecule is C=C(CNC)NCOCC(=O)NC1CCc2c(C)c(F)cc3nc4c(c1c23)Cn1c-4cc(C(C=O)CC)c(COC)c1=O. The largest absolute Gasteiger partial charge is 0.380 e. The Labute approximate surface area is 249 Å². The van der Waals surface area contributed by atoms with E-state index in [4.69, 9.17) is 14.5 Å². The summed E-state index contributed by atoms with van der Waals surface area (Å²) in [6.07, 6.45) is 2.50. The van der Waals surface area contributed by atoms with Crippen LogP contribution in [0.25, 0.3) is 22.3 Å². The second kappa shape index (κ2) is 12.7. The summed E-state index contributed by atoms with van der Waals surface area (Å²) >= 11 is 0. The summed E-state index contributed by atoms with van der Waals surface area (Å²) < 4.78 is 27.6. The van der Waals surface area contributed by atoms with Crippen LogP contribution in [0.3, 0.4) is 0 Å². The van der Waals surface area contributed by atoms with Crippen molar-refractivity contribution in [3.8, 4) is 11.4 Å². The molecule has 2 unspecified atom stereocenters. The molecule has 1 amide bonds. The van der Waals surface area contributed by atoms with Crippen molar-refractivity contribution in [3.63, 3.8) is 0 Å². The summed E-state index contributed by atoms with van der Waals surface area (Å²) in [6.45, 7) is 8.40. The molecular weight excluding hydrogens is 553 g/mol. The summed E-state index contributed by atoms with van der Waals surface area (Å²) in [6, 6.07) is 2.89. The minimum Gasteiger partial charge on any atom is -0.380 e. The molecule has 2 aliphatic rings. The quantitative estimate of drug-likeness (QED) is 0.123. The number of hydrogen-bond acceptors (Lipinski definition) is 8. The van der Waals surface area contributed by atoms with Gasteiger partial charge in [0.25, 0.3) is 5.56 Å². The number of nitrogens with one attached hydrogen (secondary N) is 3. The topological polar surface area (TPSA) is 124 Å². The highest BCUT2D eigenvalue weighted by atomic mass is 19.1. The molecule has 0 bridgehead atoms. The van der Waals surface area contributed by atoms with Crippen molar-refractivity contribution in [1.29, 1.82) is 0 Å². The van der Waals surface area contributed by atoms with Crippen LogP contribution in [0.5, 0.6) is 0 Å². The van der Waals surface area contributed by atoms with E-state index in [1.54, 1.807) is 11.5 Å². The zero-order chi connectivity index (χ0) is 30.8. The van der Waals surface area contributed by atoms with Gasteiger partial charge >= 0.3 is 0 Å². The lowest BCUT2D eigenvalue weighted by molar-refractivity contribution is -0.126. The van der Waals surface area contributed by atoms with Gasteiger partial charge in [0.1, 0.15) is 25.4 Å². The highest BCUT2D eigenvalue weighted by molar-refractivity contribution is 5.93. The average Bonchev–Trinajstić information content (AvgIpc) is 3.35. The highest BCUT2D eigenvalue weighted by Crippen LogP contribution is 2.45. The van der Waals surface area contributed by atoms with Gasteiger partial charge in [-0.3, -0.25) is 9.59 Å². The summed E-state index contributed by atoms with van der Waals surface area (Å²) in [7, 11) is 3.33. The second-order valence-corrected chi connectivity index (χ2v) is 11.1. The van der Waals surface area contributed by atoms with E-state index in [1.807, 2.05) is 20.0 Å². The maximum Gasteiger partial charge on any atom is 0.257 e. The number of aromatic nitrogens is 2. The Morgan fingerprint density at radius 1 is 1.33 bits per heavy atom. The molecule has 2 aromatic heterocycles. The Morgan fingerprint density at radius 2 is 2.12 bits per heavy atom. The first-order valence-corrected chi connectivity index (χ1v) is 14.5. The van der Waals surface area contributed by atoms with Gasteiger partial charge in [-0.2, -0.15) is 0 Å². The number of pyridine rings is 2. The Bertz CT molecular complexity index is 1670. The fourth-order valence-electron chi connectivity index (χ4n) is 6.33. The fourth-order valence-corrected chi connectivity index (χ4v) is 6.33. The standard InChI is InChI=1S/C32H38FN5O5/c1-6-19(13-39)21-9-27-31-22(12-38(27)32(41)23(21)14-42-5)30-25(36-28(40)15-43-16-35-17(2)11-34-4)8-7-20-18(3)24(33)10-26(37-31)29(20)30/h9-10,13,19,25,34-35H,2,6-8,11-12,14-16H2,1,3-5H3,(H,36,40). The fraction of sp³-hybridized carbons (Fsp3) is 0.438. The number of halogens is 1. The van der Waals surface area contributed by atoms with Crippen LogP contribution in [-0.4, -0.2) is 55.8 Å². The molecule has 5 rings (SSSR count). The maximum absolute atomic E-state index is 15.1. The smallest absolute Gasteiger partial charge is 0.257 e. The molecule has 10 nitrogen and oxygen atoms in total. The molecule has 0 saturated carbocycles. The van der Waals surface area contributed by atoms with E-state index in [-0.39, 0.29) is 49.8 Å². The van der Waals surface area contributed by atoms with Gasteiger partial charge in [0.2, 0.25) is 5.91 Å². The molecule has 3 N–H and O–H groups in total. The predicted molar refractivity (Wildman–Crippen MR) is 161 cm³/mol. The van der Waals surface area contributed by atoms with Crippen LogP contribution in [0.1, 0.15) is 65.1 Å². The summed E-state index contributed by atoms with van der Waals surface area (Å²) in [5, 5.41) is 9.92. The average molecular weight is 592 g/mol. The van der Waals surface area contributed by atoms with Crippen LogP contribution >= 0.6 is 0 Å². The van der Waals surface area contributed by atoms with Crippen molar-refractivity contribution < 1.29 is 23.5 Å². The number of amides is 1. The molecule has 0 fully saturated rings. The normalized spacial score (nSPS) is 15.6. The van der Waals surface area contributed by atoms with Crippen molar-refractivity contribution >= 4 is 23.1 Å². The van der Waals surface area contributed by atoms with E-state index >= 15 is 4.39 Å². The van der Waals surface area contributed by atoms with Crippen molar-refractivity contribution in [2.75, 3.05) is 34.0 Å². The van der Waals surface area contributed by atoms with Crippen molar-refractivity contribution in [1.82, 2.24) is 25.5 Å². The number of carbonyl (C=O) groups excluding carboxylic acids is 2. The van der Waals surface area contributed by atoms with E-state index in [0.717, 1.165) is 34.1 Å². The molecular formula is C32H38FN5O5. The zero-order valence-corrected chi connectivity index (χ0v) is 25.1. The molecule has 1 aromatic carbocycles. The zero-order valence-electron chi connectivity index (χ0n) is 25.1. The molecule has 1 aliphatic carbocycles. The molecule has 0 saturated heterocycles. The Morgan fingerprint density at radius 3 is 2.81 bits per heavy atom. The lowest BCUT2D eigenvalue weighted by atomic mass is 9.81. The van der Waals surface area contributed by atoms with Crippen LogP contribution < -0.4 is 21.5 Å². The van der Waals surface area contributed by atoms with E-state index in [0.29, 0.717) is 59.4 Å². The third-order valence-corrected chi connectivity index (χ3v) is 8.44. The van der Waals surface area contributed by atoms with Gasteiger partial charge in [0.05, 0.1) is 36.1 Å². The number of nitrogens with zero attached hydrogens (tertiary/aromatic N) is 2. The lowest BCUT2D eigenvalue weighted by Crippen LogP contribution is -2.35. The number of carbonyl (C=O) groups is 2. The van der Waals surface area contributed by atoms with E-state index in [9.17, 15) is 14.4 Å². The third kappa shape index (κ3) is 5.60. The summed E-state index contributed by atoms with van der Waals surface area (Å²) in [4.78, 5) is 43.7. The number of methoxy groups -OCH3 is 1. The molecule has 11 heteroatoms. The number of rotatable bonds is 13. The molecule has 3 heterocycles. The lowest BCUT2D eigenvalue weighted by Gasteiger charge is -2.29. The first kappa shape index (κ1) is 30.5. The van der Waals surface area contributed by atoms with Gasteiger partial charge in [0.15, 0.2) is 0 Å². The van der Waals surface area contributed by atoms with Crippen molar-refractivity contribution in [2.45, 2.75) is 58.2 Å². The number of likely N-dealkylation sites (N-methyl/N-ethyl adjacent to an activating group) is 1. The van der Waals surface area contributed by atoms with Gasteiger partial charge in [-0.05, 0) is 61.6 Å². The third-order valence-electron chi connectivity index (χ3n) is 8.44. The van der Waals surface area contributed by atoms with Gasteiger partial charge in [-0.25, -0.2) is 9.37 Å². The Kier molecular flexibility index (Phi) is 9.05. The van der Waals surface area contributed by atoms with Crippen LogP contribution in [0, 0.1) is 12.7 Å². The molecule has 228 valence electrons. The van der Waals surface area contributed by atoms with Gasteiger partial charge in [0, 0.05) is 47.8 Å². The Hall–Kier alpha value is -3.93. The van der Waals surface area contributed by atoms with E-state index < -0.39 is 5.92 Å². The molecule has 3 aromatic rings. The van der Waals surface area contributed by atoms with Crippen LogP contribution in [0.4, 0.5) is 4.39 Å². The predicted octanol–water partition coefficient (Wildman–Crippen LogP) is 3.11. The van der Waals surface area contributed by atoms with Crippen LogP contribution in [-0.2, 0) is 38.6 Å². The summed E-state index contributed by atoms with van der Waals surface area (Å²) in [5.41, 5.74) is 6.24. The number of hydrogen-bond donors (Lipinski definition) is 3. The van der Waals surface area contributed by atoms with Gasteiger partial charge < -0.3 is 34.8 Å². The van der Waals surface area contributed by atoms with Crippen LogP contribution in [0.2, 0.25) is 0 Å². The molecule has 0 radical (unpaired) electrons. The number of fused-ring (bicyclic) bond motifs is 4. The minimum absolute atomic E-state index is 0.0712. The molecule has 2 atom stereocenters. The number of benzene rings is 1. The van der Waals surface area contributed by atoms with Gasteiger partial charge in [-0.1, -0.05) is 13.5 Å². The van der Waals surface area contributed by atoms with Gasteiger partial charge in [-0.15, -0.1) is 0 Å². The molecule has 1 aliphatic heterocycles. The number of aldehydes is 1. The monoisotopic (exact) mass is 591 g/mol. The highest BCUT2D eigenvalue weighted by Gasteiger charge is 2.35. The number of aryl methyl sites for hydroxylation is 1. The van der Waals surface area contributed by atoms with Crippen molar-refractivity contribution in [3.05, 3.63) is 74.0 Å². The van der Waals surface area contributed by atoms with Crippen LogP contribution in [0.15, 0.2) is 29.2 Å². The molecule has 43 heavy (non-hydrogen) atoms. The van der Waals surface area contributed by atoms with Crippen molar-refractivity contribution in [2.24, 2.45) is 0 Å². The minimum atomic E-state index is -0.477. The maximum atomic E-state index is 15.1. The Balaban J connectivity index is 1.58. The van der Waals surface area contributed by atoms with E-state index in [2.05, 4.69) is 22.5 Å².